The molecule has 1 aromatic carbocycles. The van der Waals surface area contributed by atoms with E-state index < -0.39 is 0 Å². The van der Waals surface area contributed by atoms with Crippen molar-refractivity contribution in [1.82, 2.24) is 5.32 Å². The SMILES string of the molecule is Cc1ccc(CNCc2ccc(Br)cc2F)s1. The van der Waals surface area contributed by atoms with Crippen LogP contribution in [-0.4, -0.2) is 0 Å². The molecule has 0 aliphatic rings. The van der Waals surface area contributed by atoms with Crippen LogP contribution in [0.4, 0.5) is 4.39 Å². The number of halogens is 2. The fourth-order valence-corrected chi connectivity index (χ4v) is 2.76. The van der Waals surface area contributed by atoms with Crippen LogP contribution in [0.3, 0.4) is 0 Å². The molecular formula is C13H13BrFNS. The predicted molar refractivity (Wildman–Crippen MR) is 73.7 cm³/mol. The van der Waals surface area contributed by atoms with Gasteiger partial charge in [-0.3, -0.25) is 0 Å². The number of nitrogens with one attached hydrogen (secondary N) is 1. The number of hydrogen-bond donors (Lipinski definition) is 1. The molecule has 0 spiro atoms. The van der Waals surface area contributed by atoms with Crippen LogP contribution in [0.25, 0.3) is 0 Å². The average Bonchev–Trinajstić information content (AvgIpc) is 2.68. The predicted octanol–water partition coefficient (Wildman–Crippen LogP) is 4.25. The van der Waals surface area contributed by atoms with E-state index in [1.165, 1.54) is 15.8 Å². The fraction of sp³-hybridized carbons (Fsp3) is 0.231. The molecule has 0 bridgehead atoms. The highest BCUT2D eigenvalue weighted by Crippen LogP contribution is 2.17. The zero-order valence-electron chi connectivity index (χ0n) is 9.47. The van der Waals surface area contributed by atoms with Crippen LogP contribution in [-0.2, 0) is 13.1 Å². The highest BCUT2D eigenvalue weighted by molar-refractivity contribution is 9.10. The zero-order chi connectivity index (χ0) is 12.3. The Morgan fingerprint density at radius 1 is 1.24 bits per heavy atom. The second kappa shape index (κ2) is 5.76. The lowest BCUT2D eigenvalue weighted by Crippen LogP contribution is -2.12. The smallest absolute Gasteiger partial charge is 0.128 e. The number of aryl methyl sites for hydroxylation is 1. The van der Waals surface area contributed by atoms with Crippen LogP contribution in [0.2, 0.25) is 0 Å². The van der Waals surface area contributed by atoms with E-state index in [-0.39, 0.29) is 5.82 Å². The molecule has 1 heterocycles. The Balaban J connectivity index is 1.90. The molecule has 0 radical (unpaired) electrons. The zero-order valence-corrected chi connectivity index (χ0v) is 11.9. The van der Waals surface area contributed by atoms with Crippen LogP contribution >= 0.6 is 27.3 Å². The highest BCUT2D eigenvalue weighted by atomic mass is 79.9. The van der Waals surface area contributed by atoms with Crippen molar-refractivity contribution in [2.75, 3.05) is 0 Å². The maximum absolute atomic E-state index is 13.5. The number of rotatable bonds is 4. The van der Waals surface area contributed by atoms with Crippen LogP contribution in [0.5, 0.6) is 0 Å². The Kier molecular flexibility index (Phi) is 4.31. The van der Waals surface area contributed by atoms with E-state index in [2.05, 4.69) is 40.3 Å². The summed E-state index contributed by atoms with van der Waals surface area (Å²) in [5.74, 6) is -0.172. The van der Waals surface area contributed by atoms with Gasteiger partial charge in [0.2, 0.25) is 0 Å². The number of hydrogen-bond acceptors (Lipinski definition) is 2. The molecule has 0 saturated heterocycles. The van der Waals surface area contributed by atoms with Crippen LogP contribution < -0.4 is 5.32 Å². The van der Waals surface area contributed by atoms with E-state index in [0.29, 0.717) is 12.1 Å². The third-order valence-electron chi connectivity index (χ3n) is 2.43. The molecule has 0 saturated carbocycles. The summed E-state index contributed by atoms with van der Waals surface area (Å²) in [6.45, 7) is 3.42. The topological polar surface area (TPSA) is 12.0 Å². The maximum Gasteiger partial charge on any atom is 0.128 e. The first-order chi connectivity index (χ1) is 8.15. The molecule has 17 heavy (non-hydrogen) atoms. The molecule has 90 valence electrons. The van der Waals surface area contributed by atoms with Crippen molar-refractivity contribution in [3.05, 3.63) is 55.9 Å². The Hall–Kier alpha value is -0.710. The van der Waals surface area contributed by atoms with Crippen molar-refractivity contribution >= 4 is 27.3 Å². The molecule has 0 aliphatic carbocycles. The van der Waals surface area contributed by atoms with Gasteiger partial charge in [0, 0.05) is 32.9 Å². The van der Waals surface area contributed by atoms with Crippen molar-refractivity contribution < 1.29 is 4.39 Å². The highest BCUT2D eigenvalue weighted by Gasteiger charge is 2.02. The molecule has 0 unspecified atom stereocenters. The lowest BCUT2D eigenvalue weighted by molar-refractivity contribution is 0.588. The lowest BCUT2D eigenvalue weighted by Gasteiger charge is -2.05. The molecule has 1 N–H and O–H groups in total. The molecule has 2 rings (SSSR count). The molecular weight excluding hydrogens is 301 g/mol. The minimum Gasteiger partial charge on any atom is -0.308 e. The minimum absolute atomic E-state index is 0.172. The maximum atomic E-state index is 13.5. The Bertz CT molecular complexity index is 510. The van der Waals surface area contributed by atoms with Gasteiger partial charge in [-0.05, 0) is 31.2 Å². The van der Waals surface area contributed by atoms with Crippen molar-refractivity contribution in [3.8, 4) is 0 Å². The summed E-state index contributed by atoms with van der Waals surface area (Å²) in [5.41, 5.74) is 0.696. The number of benzene rings is 1. The molecule has 1 nitrogen and oxygen atoms in total. The van der Waals surface area contributed by atoms with Gasteiger partial charge in [-0.25, -0.2) is 4.39 Å². The molecule has 0 fully saturated rings. The number of thiophene rings is 1. The molecule has 0 amide bonds. The van der Waals surface area contributed by atoms with Gasteiger partial charge in [-0.15, -0.1) is 11.3 Å². The summed E-state index contributed by atoms with van der Waals surface area (Å²) in [6.07, 6.45) is 0. The van der Waals surface area contributed by atoms with Gasteiger partial charge >= 0.3 is 0 Å². The van der Waals surface area contributed by atoms with Crippen molar-refractivity contribution in [2.24, 2.45) is 0 Å². The van der Waals surface area contributed by atoms with Crippen LogP contribution in [0, 0.1) is 12.7 Å². The van der Waals surface area contributed by atoms with Crippen molar-refractivity contribution in [1.29, 1.82) is 0 Å². The van der Waals surface area contributed by atoms with Gasteiger partial charge < -0.3 is 5.32 Å². The normalized spacial score (nSPS) is 10.8. The van der Waals surface area contributed by atoms with Gasteiger partial charge in [0.1, 0.15) is 5.82 Å². The summed E-state index contributed by atoms with van der Waals surface area (Å²) >= 11 is 5.01. The van der Waals surface area contributed by atoms with E-state index in [1.54, 1.807) is 17.4 Å². The second-order valence-corrected chi connectivity index (χ2v) is 6.14. The summed E-state index contributed by atoms with van der Waals surface area (Å²) < 4.78 is 14.3. The standard InChI is InChI=1S/C13H13BrFNS/c1-9-2-5-12(17-9)8-16-7-10-3-4-11(14)6-13(10)15/h2-6,16H,7-8H2,1H3. The third-order valence-corrected chi connectivity index (χ3v) is 3.92. The largest absolute Gasteiger partial charge is 0.308 e. The van der Waals surface area contributed by atoms with E-state index in [4.69, 9.17) is 0 Å². The first-order valence-electron chi connectivity index (χ1n) is 5.35. The first kappa shape index (κ1) is 12.7. The fourth-order valence-electron chi connectivity index (χ4n) is 1.57. The van der Waals surface area contributed by atoms with E-state index in [9.17, 15) is 4.39 Å². The van der Waals surface area contributed by atoms with Gasteiger partial charge in [0.25, 0.3) is 0 Å². The monoisotopic (exact) mass is 313 g/mol. The van der Waals surface area contributed by atoms with E-state index in [0.717, 1.165) is 11.0 Å². The third kappa shape index (κ3) is 3.63. The van der Waals surface area contributed by atoms with Gasteiger partial charge in [-0.2, -0.15) is 0 Å². The van der Waals surface area contributed by atoms with Gasteiger partial charge in [-0.1, -0.05) is 22.0 Å². The Labute approximate surface area is 113 Å². The van der Waals surface area contributed by atoms with Crippen LogP contribution in [0.15, 0.2) is 34.8 Å². The van der Waals surface area contributed by atoms with Gasteiger partial charge in [0.05, 0.1) is 0 Å². The molecule has 2 aromatic rings. The average molecular weight is 314 g/mol. The Morgan fingerprint density at radius 3 is 2.71 bits per heavy atom. The lowest BCUT2D eigenvalue weighted by atomic mass is 10.2. The van der Waals surface area contributed by atoms with Gasteiger partial charge in [0.15, 0.2) is 0 Å². The molecule has 1 aromatic heterocycles. The summed E-state index contributed by atoms with van der Waals surface area (Å²) in [4.78, 5) is 2.58. The van der Waals surface area contributed by atoms with Crippen molar-refractivity contribution in [3.63, 3.8) is 0 Å². The molecule has 0 aliphatic heterocycles. The van der Waals surface area contributed by atoms with Crippen LogP contribution in [0.1, 0.15) is 15.3 Å². The molecule has 0 atom stereocenters. The quantitative estimate of drug-likeness (QED) is 0.890. The minimum atomic E-state index is -0.172. The Morgan fingerprint density at radius 2 is 2.06 bits per heavy atom. The summed E-state index contributed by atoms with van der Waals surface area (Å²) in [5, 5.41) is 3.25. The van der Waals surface area contributed by atoms with E-state index >= 15 is 0 Å². The molecule has 4 heteroatoms. The first-order valence-corrected chi connectivity index (χ1v) is 6.96. The van der Waals surface area contributed by atoms with E-state index in [1.807, 2.05) is 6.07 Å². The summed E-state index contributed by atoms with van der Waals surface area (Å²) in [7, 11) is 0. The van der Waals surface area contributed by atoms with Crippen molar-refractivity contribution in [2.45, 2.75) is 20.0 Å². The summed E-state index contributed by atoms with van der Waals surface area (Å²) in [6, 6.07) is 9.35. The second-order valence-electron chi connectivity index (χ2n) is 3.85.